The lowest BCUT2D eigenvalue weighted by Gasteiger charge is -2.29. The number of ether oxygens (including phenoxy) is 2. The minimum Gasteiger partial charge on any atom is -0.495 e. The van der Waals surface area contributed by atoms with Gasteiger partial charge in [0.05, 0.1) is 31.2 Å². The van der Waals surface area contributed by atoms with Crippen LogP contribution in [0.15, 0.2) is 48.8 Å². The number of piperidine rings is 2. The number of aromatic nitrogens is 4. The molecule has 4 heterocycles. The molecule has 2 aromatic carbocycles. The molecule has 2 aromatic heterocycles. The van der Waals surface area contributed by atoms with Gasteiger partial charge in [0.15, 0.2) is 0 Å². The van der Waals surface area contributed by atoms with Crippen LogP contribution in [-0.2, 0) is 12.4 Å². The third kappa shape index (κ3) is 14.4. The van der Waals surface area contributed by atoms with Gasteiger partial charge in [0.2, 0.25) is 11.9 Å². The van der Waals surface area contributed by atoms with Crippen LogP contribution in [0.3, 0.4) is 0 Å². The molecule has 332 valence electrons. The van der Waals surface area contributed by atoms with E-state index in [0.29, 0.717) is 35.4 Å². The molecule has 15 nitrogen and oxygen atoms in total. The second-order valence-electron chi connectivity index (χ2n) is 13.9. The molecule has 6 rings (SSSR count). The van der Waals surface area contributed by atoms with E-state index >= 15 is 0 Å². The number of likely N-dealkylation sites (tertiary alicyclic amines) is 2. The van der Waals surface area contributed by atoms with Gasteiger partial charge in [-0.1, -0.05) is 23.2 Å². The zero-order chi connectivity index (χ0) is 45.1. The number of aromatic carboxylic acids is 1. The van der Waals surface area contributed by atoms with Gasteiger partial charge in [-0.2, -0.15) is 26.3 Å². The van der Waals surface area contributed by atoms with Crippen molar-refractivity contribution in [2.45, 2.75) is 50.1 Å². The number of nitrogens with one attached hydrogen (secondary N) is 3. The molecule has 2 aliphatic heterocycles. The average molecular weight is 906 g/mol. The van der Waals surface area contributed by atoms with E-state index in [1.165, 1.54) is 64.4 Å². The number of methoxy groups -OCH3 is 2. The molecule has 0 aliphatic carbocycles. The molecular formula is C38H44Cl2F6N10O5. The lowest BCUT2D eigenvalue weighted by molar-refractivity contribution is -0.138. The number of carbonyl (C=O) groups is 2. The number of hydrogen-bond acceptors (Lipinski definition) is 13. The number of amides is 1. The number of hydrogen-bond donors (Lipinski definition) is 5. The fraction of sp³-hybridized carbons (Fsp3) is 0.421. The minimum absolute atomic E-state index is 0.0150. The maximum atomic E-state index is 12.8. The van der Waals surface area contributed by atoms with E-state index in [0.717, 1.165) is 25.9 Å². The van der Waals surface area contributed by atoms with E-state index < -0.39 is 39.8 Å². The Morgan fingerprint density at radius 3 is 1.52 bits per heavy atom. The molecular weight excluding hydrogens is 861 g/mol. The van der Waals surface area contributed by atoms with Crippen LogP contribution in [0.2, 0.25) is 10.3 Å². The van der Waals surface area contributed by atoms with E-state index in [1.807, 2.05) is 7.05 Å². The Hall–Kier alpha value is -5.22. The number of carboxylic acids is 1. The summed E-state index contributed by atoms with van der Waals surface area (Å²) in [6.07, 6.45) is -4.03. The minimum atomic E-state index is -4.66. The topological polar surface area (TPSA) is 193 Å². The maximum absolute atomic E-state index is 12.8. The van der Waals surface area contributed by atoms with Gasteiger partial charge in [-0.25, -0.2) is 24.7 Å². The summed E-state index contributed by atoms with van der Waals surface area (Å²) in [7, 11) is 6.92. The quantitative estimate of drug-likeness (QED) is 0.0826. The Balaban J connectivity index is 0.000000232. The molecule has 2 fully saturated rings. The summed E-state index contributed by atoms with van der Waals surface area (Å²) in [6.45, 7) is 4.21. The Morgan fingerprint density at radius 2 is 1.15 bits per heavy atom. The van der Waals surface area contributed by atoms with Gasteiger partial charge in [0.1, 0.15) is 32.9 Å². The molecule has 1 amide bonds. The highest BCUT2D eigenvalue weighted by atomic mass is 35.5. The van der Waals surface area contributed by atoms with Crippen molar-refractivity contribution in [2.24, 2.45) is 5.73 Å². The number of carbonyl (C=O) groups excluding carboxylic acids is 1. The monoisotopic (exact) mass is 904 g/mol. The zero-order valence-electron chi connectivity index (χ0n) is 33.3. The fourth-order valence-corrected chi connectivity index (χ4v) is 6.25. The zero-order valence-corrected chi connectivity index (χ0v) is 34.8. The molecule has 0 saturated carbocycles. The van der Waals surface area contributed by atoms with E-state index in [1.54, 1.807) is 12.1 Å². The molecule has 4 aromatic rings. The van der Waals surface area contributed by atoms with Crippen molar-refractivity contribution in [1.82, 2.24) is 35.1 Å². The first-order chi connectivity index (χ1) is 28.7. The highest BCUT2D eigenvalue weighted by Crippen LogP contribution is 2.36. The molecule has 2 aliphatic rings. The SMILES string of the molecule is CN1CCC(N)CC1.COc1cc(C(=O)NC2CCN(C)CC2)ccc1Nc1ncc(C(F)(F)F)c(Cl)n1.COc1cc(C(=O)O)ccc1Nc1ncc(C(F)(F)F)c(Cl)n1. The van der Waals surface area contributed by atoms with Crippen LogP contribution in [0.1, 0.15) is 57.5 Å². The number of rotatable bonds is 9. The van der Waals surface area contributed by atoms with Gasteiger partial charge in [0.25, 0.3) is 5.91 Å². The number of halogens is 8. The van der Waals surface area contributed by atoms with Gasteiger partial charge < -0.3 is 46.1 Å². The van der Waals surface area contributed by atoms with E-state index in [9.17, 15) is 35.9 Å². The van der Waals surface area contributed by atoms with Crippen molar-refractivity contribution >= 4 is 58.3 Å². The predicted molar refractivity (Wildman–Crippen MR) is 216 cm³/mol. The predicted octanol–water partition coefficient (Wildman–Crippen LogP) is 7.36. The van der Waals surface area contributed by atoms with Crippen molar-refractivity contribution in [3.63, 3.8) is 0 Å². The van der Waals surface area contributed by atoms with Gasteiger partial charge in [0, 0.05) is 30.0 Å². The largest absolute Gasteiger partial charge is 0.495 e. The summed E-state index contributed by atoms with van der Waals surface area (Å²) in [5.41, 5.74) is 4.43. The van der Waals surface area contributed by atoms with Crippen molar-refractivity contribution < 1.29 is 50.5 Å². The van der Waals surface area contributed by atoms with Crippen molar-refractivity contribution in [3.8, 4) is 11.5 Å². The van der Waals surface area contributed by atoms with Crippen molar-refractivity contribution in [3.05, 3.63) is 81.4 Å². The van der Waals surface area contributed by atoms with E-state index in [4.69, 9.17) is 43.5 Å². The van der Waals surface area contributed by atoms with Gasteiger partial charge >= 0.3 is 18.3 Å². The lowest BCUT2D eigenvalue weighted by Crippen LogP contribution is -2.43. The van der Waals surface area contributed by atoms with E-state index in [-0.39, 0.29) is 40.8 Å². The van der Waals surface area contributed by atoms with Gasteiger partial charge in [-0.05, 0) is 102 Å². The summed E-state index contributed by atoms with van der Waals surface area (Å²) in [4.78, 5) is 42.3. The average Bonchev–Trinajstić information content (AvgIpc) is 3.19. The molecule has 6 N–H and O–H groups in total. The summed E-state index contributed by atoms with van der Waals surface area (Å²) in [5, 5.41) is 15.8. The summed E-state index contributed by atoms with van der Waals surface area (Å²) >= 11 is 11.1. The first-order valence-electron chi connectivity index (χ1n) is 18.4. The van der Waals surface area contributed by atoms with Gasteiger partial charge in [-0.15, -0.1) is 0 Å². The third-order valence-corrected chi connectivity index (χ3v) is 9.89. The first kappa shape index (κ1) is 48.4. The third-order valence-electron chi connectivity index (χ3n) is 9.32. The van der Waals surface area contributed by atoms with Crippen LogP contribution >= 0.6 is 23.2 Å². The molecule has 0 bridgehead atoms. The number of benzene rings is 2. The Kier molecular flexibility index (Phi) is 17.1. The van der Waals surface area contributed by atoms with Crippen LogP contribution in [0, 0.1) is 0 Å². The van der Waals surface area contributed by atoms with Crippen LogP contribution in [0.5, 0.6) is 11.5 Å². The number of carboxylic acid groups (broad SMARTS) is 1. The molecule has 0 spiro atoms. The van der Waals surface area contributed by atoms with Crippen molar-refractivity contribution in [2.75, 3.05) is 65.1 Å². The van der Waals surface area contributed by atoms with Crippen LogP contribution < -0.4 is 31.2 Å². The highest BCUT2D eigenvalue weighted by Gasteiger charge is 2.35. The summed E-state index contributed by atoms with van der Waals surface area (Å²) in [6, 6.07) is 9.19. The number of alkyl halides is 6. The van der Waals surface area contributed by atoms with Crippen LogP contribution in [-0.4, -0.2) is 113 Å². The number of nitrogens with two attached hydrogens (primary N) is 1. The lowest BCUT2D eigenvalue weighted by atomic mass is 10.0. The summed E-state index contributed by atoms with van der Waals surface area (Å²) in [5.74, 6) is -1.22. The number of nitrogens with zero attached hydrogens (tertiary/aromatic N) is 6. The normalized spacial score (nSPS) is 15.4. The standard InChI is InChI=1S/C19H21ClF3N5O2.C13H9ClF3N3O3.C6H14N2/c1-28-7-5-12(6-8-28)25-17(29)11-3-4-14(15(9-11)30-2)26-18-24-10-13(16(20)27-18)19(21,22)23;1-23-9-4-6(11(21)22)2-3-8(9)19-12-18-5-7(10(14)20-12)13(15,16)17;1-8-4-2-6(7)3-5-8/h3-4,9-10,12H,5-8H2,1-2H3,(H,25,29)(H,24,26,27);2-5H,1H3,(H,21,22)(H,18,19,20);6H,2-5,7H2,1H3. The molecule has 0 atom stereocenters. The van der Waals surface area contributed by atoms with Crippen LogP contribution in [0.4, 0.5) is 49.6 Å². The van der Waals surface area contributed by atoms with Gasteiger partial charge in [-0.3, -0.25) is 4.79 Å². The first-order valence-corrected chi connectivity index (χ1v) is 19.2. The fourth-order valence-electron chi connectivity index (χ4n) is 5.78. The second kappa shape index (κ2) is 21.5. The maximum Gasteiger partial charge on any atom is 0.420 e. The van der Waals surface area contributed by atoms with Crippen LogP contribution in [0.25, 0.3) is 0 Å². The Morgan fingerprint density at radius 1 is 0.738 bits per heavy atom. The van der Waals surface area contributed by atoms with E-state index in [2.05, 4.69) is 52.7 Å². The molecule has 0 unspecified atom stereocenters. The molecule has 23 heteroatoms. The smallest absolute Gasteiger partial charge is 0.420 e. The highest BCUT2D eigenvalue weighted by molar-refractivity contribution is 6.30. The summed E-state index contributed by atoms with van der Waals surface area (Å²) < 4.78 is 86.4. The Labute approximate surface area is 357 Å². The molecule has 61 heavy (non-hydrogen) atoms. The number of anilines is 4. The molecule has 0 radical (unpaired) electrons. The van der Waals surface area contributed by atoms with Crippen molar-refractivity contribution in [1.29, 1.82) is 0 Å². The second-order valence-corrected chi connectivity index (χ2v) is 14.6. The molecule has 2 saturated heterocycles. The Bertz CT molecular complexity index is 2110.